The lowest BCUT2D eigenvalue weighted by Crippen LogP contribution is -2.43. The van der Waals surface area contributed by atoms with Crippen LogP contribution in [-0.2, 0) is 4.74 Å². The first-order chi connectivity index (χ1) is 6.57. The van der Waals surface area contributed by atoms with Crippen molar-refractivity contribution in [3.63, 3.8) is 0 Å². The van der Waals surface area contributed by atoms with E-state index in [-0.39, 0.29) is 12.1 Å². The number of aliphatic hydroxyl groups is 1. The number of likely N-dealkylation sites (tertiary alicyclic amines) is 1. The molecule has 1 aliphatic carbocycles. The fourth-order valence-corrected chi connectivity index (χ4v) is 2.15. The van der Waals surface area contributed by atoms with Gasteiger partial charge in [-0.25, -0.2) is 4.79 Å². The third-order valence-electron chi connectivity index (χ3n) is 3.22. The van der Waals surface area contributed by atoms with Crippen LogP contribution in [0.2, 0.25) is 0 Å². The molecule has 0 bridgehead atoms. The predicted octanol–water partition coefficient (Wildman–Crippen LogP) is 0.279. The summed E-state index contributed by atoms with van der Waals surface area (Å²) in [6, 6.07) is -0.273. The molecule has 2 unspecified atom stereocenters. The summed E-state index contributed by atoms with van der Waals surface area (Å²) in [7, 11) is 1.57. The van der Waals surface area contributed by atoms with E-state index in [2.05, 4.69) is 0 Å². The van der Waals surface area contributed by atoms with Crippen LogP contribution >= 0.6 is 0 Å². The quantitative estimate of drug-likeness (QED) is 0.673. The molecule has 0 aromatic heterocycles. The maximum Gasteiger partial charge on any atom is 0.407 e. The van der Waals surface area contributed by atoms with Gasteiger partial charge in [0.25, 0.3) is 0 Å². The Bertz CT molecular complexity index is 251. The van der Waals surface area contributed by atoms with Gasteiger partial charge in [0.2, 0.25) is 0 Å². The molecular formula is C9H15NO4. The molecule has 0 spiro atoms. The third-order valence-corrected chi connectivity index (χ3v) is 3.22. The Morgan fingerprint density at radius 1 is 1.57 bits per heavy atom. The average molecular weight is 201 g/mol. The van der Waals surface area contributed by atoms with Crippen LogP contribution in [0.4, 0.5) is 4.79 Å². The average Bonchev–Trinajstić information content (AvgIpc) is 2.74. The fraction of sp³-hybridized carbons (Fsp3) is 0.889. The number of ether oxygens (including phenoxy) is 1. The Balaban J connectivity index is 2.10. The molecule has 5 heteroatoms. The van der Waals surface area contributed by atoms with E-state index in [0.29, 0.717) is 25.8 Å². The molecule has 1 amide bonds. The van der Waals surface area contributed by atoms with Gasteiger partial charge in [-0.15, -0.1) is 0 Å². The maximum absolute atomic E-state index is 10.9. The summed E-state index contributed by atoms with van der Waals surface area (Å²) in [6.07, 6.45) is 0.991. The lowest BCUT2D eigenvalue weighted by atomic mass is 10.1. The minimum atomic E-state index is -0.963. The zero-order valence-electron chi connectivity index (χ0n) is 8.14. The second kappa shape index (κ2) is 3.10. The molecule has 14 heavy (non-hydrogen) atoms. The second-order valence-corrected chi connectivity index (χ2v) is 4.15. The lowest BCUT2D eigenvalue weighted by molar-refractivity contribution is 0.0503. The molecule has 2 atom stereocenters. The number of carboxylic acid groups (broad SMARTS) is 1. The standard InChI is InChI=1S/C9H15NO4/c1-14-6-4-7(9(13)2-3-9)10(5-6)8(11)12/h6-7,13H,2-5H2,1H3,(H,11,12). The maximum atomic E-state index is 10.9. The van der Waals surface area contributed by atoms with Crippen molar-refractivity contribution in [1.82, 2.24) is 4.90 Å². The number of hydrogen-bond donors (Lipinski definition) is 2. The van der Waals surface area contributed by atoms with E-state index >= 15 is 0 Å². The molecule has 2 rings (SSSR count). The Kier molecular flexibility index (Phi) is 2.16. The number of hydrogen-bond acceptors (Lipinski definition) is 3. The van der Waals surface area contributed by atoms with Crippen LogP contribution in [0.5, 0.6) is 0 Å². The highest BCUT2D eigenvalue weighted by Crippen LogP contribution is 2.44. The first kappa shape index (κ1) is 9.73. The highest BCUT2D eigenvalue weighted by Gasteiger charge is 2.55. The highest BCUT2D eigenvalue weighted by molar-refractivity contribution is 5.66. The van der Waals surface area contributed by atoms with Crippen molar-refractivity contribution < 1.29 is 19.7 Å². The molecule has 2 fully saturated rings. The minimum Gasteiger partial charge on any atom is -0.465 e. The van der Waals surface area contributed by atoms with Crippen molar-refractivity contribution in [3.8, 4) is 0 Å². The lowest BCUT2D eigenvalue weighted by Gasteiger charge is -2.25. The van der Waals surface area contributed by atoms with Gasteiger partial charge in [0.15, 0.2) is 0 Å². The Morgan fingerprint density at radius 2 is 2.21 bits per heavy atom. The Labute approximate surface area is 82.3 Å². The number of carbonyl (C=O) groups is 1. The number of rotatable bonds is 2. The first-order valence-electron chi connectivity index (χ1n) is 4.81. The van der Waals surface area contributed by atoms with Gasteiger partial charge < -0.3 is 14.9 Å². The molecule has 1 saturated carbocycles. The van der Waals surface area contributed by atoms with Gasteiger partial charge in [-0.05, 0) is 19.3 Å². The summed E-state index contributed by atoms with van der Waals surface area (Å²) in [5.74, 6) is 0. The summed E-state index contributed by atoms with van der Waals surface area (Å²) in [5, 5.41) is 18.8. The van der Waals surface area contributed by atoms with E-state index in [1.165, 1.54) is 4.90 Å². The van der Waals surface area contributed by atoms with Crippen LogP contribution in [0.25, 0.3) is 0 Å². The van der Waals surface area contributed by atoms with Gasteiger partial charge in [-0.1, -0.05) is 0 Å². The van der Waals surface area contributed by atoms with Crippen molar-refractivity contribution >= 4 is 6.09 Å². The van der Waals surface area contributed by atoms with Crippen molar-refractivity contribution in [2.45, 2.75) is 37.0 Å². The monoisotopic (exact) mass is 201 g/mol. The Morgan fingerprint density at radius 3 is 2.64 bits per heavy atom. The van der Waals surface area contributed by atoms with Crippen LogP contribution in [0.1, 0.15) is 19.3 Å². The molecule has 2 N–H and O–H groups in total. The second-order valence-electron chi connectivity index (χ2n) is 4.15. The summed E-state index contributed by atoms with van der Waals surface area (Å²) >= 11 is 0. The SMILES string of the molecule is COC1CC(C2(O)CC2)N(C(=O)O)C1. The van der Waals surface area contributed by atoms with Gasteiger partial charge in [0.1, 0.15) is 0 Å². The van der Waals surface area contributed by atoms with E-state index in [1.807, 2.05) is 0 Å². The molecule has 5 nitrogen and oxygen atoms in total. The number of nitrogens with zero attached hydrogens (tertiary/aromatic N) is 1. The molecule has 2 aliphatic rings. The van der Waals surface area contributed by atoms with Crippen LogP contribution in [-0.4, -0.2) is 52.6 Å². The number of amides is 1. The summed E-state index contributed by atoms with van der Waals surface area (Å²) in [5.41, 5.74) is -0.772. The topological polar surface area (TPSA) is 70.0 Å². The van der Waals surface area contributed by atoms with E-state index in [9.17, 15) is 9.90 Å². The normalized spacial score (nSPS) is 34.6. The number of methoxy groups -OCH3 is 1. The van der Waals surface area contributed by atoms with Gasteiger partial charge in [0, 0.05) is 7.11 Å². The van der Waals surface area contributed by atoms with Crippen molar-refractivity contribution in [3.05, 3.63) is 0 Å². The van der Waals surface area contributed by atoms with Gasteiger partial charge >= 0.3 is 6.09 Å². The molecule has 1 heterocycles. The van der Waals surface area contributed by atoms with Crippen molar-refractivity contribution in [1.29, 1.82) is 0 Å². The fourth-order valence-electron chi connectivity index (χ4n) is 2.15. The van der Waals surface area contributed by atoms with E-state index < -0.39 is 11.7 Å². The largest absolute Gasteiger partial charge is 0.465 e. The van der Waals surface area contributed by atoms with Crippen LogP contribution < -0.4 is 0 Å². The molecule has 1 aliphatic heterocycles. The third kappa shape index (κ3) is 1.46. The van der Waals surface area contributed by atoms with Gasteiger partial charge in [-0.2, -0.15) is 0 Å². The summed E-state index contributed by atoms with van der Waals surface area (Å²) in [6.45, 7) is 0.374. The minimum absolute atomic E-state index is 0.0688. The summed E-state index contributed by atoms with van der Waals surface area (Å²) in [4.78, 5) is 12.2. The zero-order chi connectivity index (χ0) is 10.3. The van der Waals surface area contributed by atoms with Crippen LogP contribution in [0.3, 0.4) is 0 Å². The highest BCUT2D eigenvalue weighted by atomic mass is 16.5. The smallest absolute Gasteiger partial charge is 0.407 e. The van der Waals surface area contributed by atoms with Crippen molar-refractivity contribution in [2.24, 2.45) is 0 Å². The molecule has 1 saturated heterocycles. The van der Waals surface area contributed by atoms with Crippen LogP contribution in [0, 0.1) is 0 Å². The summed E-state index contributed by atoms with van der Waals surface area (Å²) < 4.78 is 5.13. The predicted molar refractivity (Wildman–Crippen MR) is 48.1 cm³/mol. The first-order valence-corrected chi connectivity index (χ1v) is 4.81. The molecule has 80 valence electrons. The van der Waals surface area contributed by atoms with Crippen LogP contribution in [0.15, 0.2) is 0 Å². The van der Waals surface area contributed by atoms with Gasteiger partial charge in [0.05, 0.1) is 24.3 Å². The van der Waals surface area contributed by atoms with E-state index in [1.54, 1.807) is 7.11 Å². The zero-order valence-corrected chi connectivity index (χ0v) is 8.14. The molecular weight excluding hydrogens is 186 g/mol. The molecule has 0 radical (unpaired) electrons. The molecule has 0 aromatic rings. The van der Waals surface area contributed by atoms with E-state index in [4.69, 9.17) is 9.84 Å². The molecule has 0 aromatic carbocycles. The van der Waals surface area contributed by atoms with Gasteiger partial charge in [-0.3, -0.25) is 4.90 Å². The Hall–Kier alpha value is -0.810. The van der Waals surface area contributed by atoms with E-state index in [0.717, 1.165) is 0 Å². The van der Waals surface area contributed by atoms with Crippen molar-refractivity contribution in [2.75, 3.05) is 13.7 Å².